The number of thiazole rings is 1. The second-order valence-corrected chi connectivity index (χ2v) is 7.59. The number of carbonyl (C=O) groups excluding carboxylic acids is 2. The third-order valence-corrected chi connectivity index (χ3v) is 5.55. The molecule has 0 aliphatic heterocycles. The Morgan fingerprint density at radius 1 is 1.10 bits per heavy atom. The summed E-state index contributed by atoms with van der Waals surface area (Å²) in [6.45, 7) is 5.67. The number of aryl methyl sites for hydroxylation is 2. The third-order valence-electron chi connectivity index (χ3n) is 4.54. The van der Waals surface area contributed by atoms with Crippen molar-refractivity contribution in [1.82, 2.24) is 10.3 Å². The van der Waals surface area contributed by atoms with Crippen LogP contribution in [0.4, 0.5) is 10.1 Å². The van der Waals surface area contributed by atoms with Gasteiger partial charge in [0.1, 0.15) is 5.82 Å². The minimum atomic E-state index is -0.617. The van der Waals surface area contributed by atoms with Crippen molar-refractivity contribution in [3.8, 4) is 0 Å². The first kappa shape index (κ1) is 20.7. The van der Waals surface area contributed by atoms with Gasteiger partial charge in [-0.2, -0.15) is 0 Å². The zero-order valence-corrected chi connectivity index (χ0v) is 17.3. The van der Waals surface area contributed by atoms with Crippen LogP contribution in [0.15, 0.2) is 47.8 Å². The molecule has 2 amide bonds. The summed E-state index contributed by atoms with van der Waals surface area (Å²) in [5.41, 5.74) is 2.09. The monoisotopic (exact) mass is 411 g/mol. The zero-order valence-electron chi connectivity index (χ0n) is 16.5. The number of aromatic nitrogens is 1. The maximum Gasteiger partial charge on any atom is 0.258 e. The van der Waals surface area contributed by atoms with E-state index in [4.69, 9.17) is 0 Å². The molecular weight excluding hydrogens is 389 g/mol. The summed E-state index contributed by atoms with van der Waals surface area (Å²) in [5, 5.41) is 8.55. The Hall–Kier alpha value is -3.06. The summed E-state index contributed by atoms with van der Waals surface area (Å²) in [7, 11) is 0. The molecule has 150 valence electrons. The molecule has 0 saturated heterocycles. The largest absolute Gasteiger partial charge is 0.344 e. The fourth-order valence-corrected chi connectivity index (χ4v) is 3.72. The summed E-state index contributed by atoms with van der Waals surface area (Å²) in [5.74, 6) is -1.56. The lowest BCUT2D eigenvalue weighted by molar-refractivity contribution is 0.0940. The van der Waals surface area contributed by atoms with Crippen LogP contribution in [-0.4, -0.2) is 16.8 Å². The van der Waals surface area contributed by atoms with E-state index in [1.807, 2.05) is 19.2 Å². The first-order valence-electron chi connectivity index (χ1n) is 9.31. The van der Waals surface area contributed by atoms with Crippen LogP contribution in [0.1, 0.15) is 56.9 Å². The van der Waals surface area contributed by atoms with Gasteiger partial charge in [-0.25, -0.2) is 9.37 Å². The van der Waals surface area contributed by atoms with Gasteiger partial charge in [0.2, 0.25) is 0 Å². The van der Waals surface area contributed by atoms with Crippen LogP contribution in [-0.2, 0) is 6.42 Å². The van der Waals surface area contributed by atoms with E-state index in [0.717, 1.165) is 17.1 Å². The molecule has 2 N–H and O–H groups in total. The second-order valence-electron chi connectivity index (χ2n) is 6.65. The molecule has 0 aliphatic rings. The lowest BCUT2D eigenvalue weighted by Gasteiger charge is -2.16. The highest BCUT2D eigenvalue weighted by Crippen LogP contribution is 2.24. The first-order chi connectivity index (χ1) is 13.9. The summed E-state index contributed by atoms with van der Waals surface area (Å²) >= 11 is 1.56. The molecule has 1 atom stereocenters. The number of nitrogens with zero attached hydrogens (tertiary/aromatic N) is 1. The van der Waals surface area contributed by atoms with Crippen molar-refractivity contribution in [1.29, 1.82) is 0 Å². The average Bonchev–Trinajstić information content (AvgIpc) is 3.19. The van der Waals surface area contributed by atoms with Crippen molar-refractivity contribution in [3.05, 3.63) is 81.1 Å². The number of amides is 2. The average molecular weight is 412 g/mol. The summed E-state index contributed by atoms with van der Waals surface area (Å²) in [6.07, 6.45) is 0.843. The molecule has 0 radical (unpaired) electrons. The second kappa shape index (κ2) is 8.96. The highest BCUT2D eigenvalue weighted by molar-refractivity contribution is 7.09. The Morgan fingerprint density at radius 3 is 2.52 bits per heavy atom. The quantitative estimate of drug-likeness (QED) is 0.606. The van der Waals surface area contributed by atoms with Crippen LogP contribution < -0.4 is 10.6 Å². The predicted molar refractivity (Wildman–Crippen MR) is 113 cm³/mol. The topological polar surface area (TPSA) is 71.1 Å². The molecular formula is C22H22FN3O2S. The van der Waals surface area contributed by atoms with Gasteiger partial charge in [0.05, 0.1) is 33.6 Å². The Morgan fingerprint density at radius 2 is 1.83 bits per heavy atom. The van der Waals surface area contributed by atoms with Crippen molar-refractivity contribution >= 4 is 28.8 Å². The number of carbonyl (C=O) groups is 2. The minimum absolute atomic E-state index is 0.0787. The van der Waals surface area contributed by atoms with Gasteiger partial charge in [-0.3, -0.25) is 9.59 Å². The van der Waals surface area contributed by atoms with Gasteiger partial charge < -0.3 is 10.6 Å². The number of anilines is 1. The van der Waals surface area contributed by atoms with E-state index >= 15 is 0 Å². The van der Waals surface area contributed by atoms with E-state index in [1.165, 1.54) is 18.2 Å². The van der Waals surface area contributed by atoms with Gasteiger partial charge in [0.15, 0.2) is 0 Å². The zero-order chi connectivity index (χ0) is 21.0. The van der Waals surface area contributed by atoms with Crippen LogP contribution in [0.2, 0.25) is 0 Å². The van der Waals surface area contributed by atoms with Crippen LogP contribution in [0.3, 0.4) is 0 Å². The number of hydrogen-bond acceptors (Lipinski definition) is 4. The molecule has 7 heteroatoms. The highest BCUT2D eigenvalue weighted by Gasteiger charge is 2.20. The van der Waals surface area contributed by atoms with Crippen LogP contribution in [0, 0.1) is 12.7 Å². The van der Waals surface area contributed by atoms with Crippen LogP contribution >= 0.6 is 11.3 Å². The van der Waals surface area contributed by atoms with E-state index < -0.39 is 11.7 Å². The van der Waals surface area contributed by atoms with E-state index in [9.17, 15) is 14.0 Å². The van der Waals surface area contributed by atoms with E-state index in [-0.39, 0.29) is 17.5 Å². The number of hydrogen-bond donors (Lipinski definition) is 2. The van der Waals surface area contributed by atoms with Crippen molar-refractivity contribution < 1.29 is 14.0 Å². The molecule has 0 fully saturated rings. The molecule has 0 aliphatic carbocycles. The Labute approximate surface area is 173 Å². The van der Waals surface area contributed by atoms with Gasteiger partial charge >= 0.3 is 0 Å². The number of para-hydroxylation sites is 1. The molecule has 0 spiro atoms. The highest BCUT2D eigenvalue weighted by atomic mass is 32.1. The van der Waals surface area contributed by atoms with Crippen molar-refractivity contribution in [2.75, 3.05) is 5.32 Å². The summed E-state index contributed by atoms with van der Waals surface area (Å²) < 4.78 is 13.9. The summed E-state index contributed by atoms with van der Waals surface area (Å²) in [4.78, 5) is 30.0. The predicted octanol–water partition coefficient (Wildman–Crippen LogP) is 4.90. The van der Waals surface area contributed by atoms with Crippen molar-refractivity contribution in [2.45, 2.75) is 33.2 Å². The van der Waals surface area contributed by atoms with E-state index in [2.05, 4.69) is 15.6 Å². The molecule has 0 bridgehead atoms. The molecule has 1 unspecified atom stereocenters. The Balaban J connectivity index is 1.82. The Bertz CT molecular complexity index is 1050. The molecule has 0 saturated carbocycles. The smallest absolute Gasteiger partial charge is 0.258 e. The van der Waals surface area contributed by atoms with Crippen LogP contribution in [0.25, 0.3) is 0 Å². The number of nitrogens with one attached hydrogen (secondary N) is 2. The van der Waals surface area contributed by atoms with Gasteiger partial charge in [-0.15, -0.1) is 11.3 Å². The minimum Gasteiger partial charge on any atom is -0.344 e. The van der Waals surface area contributed by atoms with Gasteiger partial charge in [-0.1, -0.05) is 31.2 Å². The molecule has 1 heterocycles. The summed E-state index contributed by atoms with van der Waals surface area (Å²) in [6, 6.07) is 10.6. The molecule has 5 nitrogen and oxygen atoms in total. The molecule has 3 aromatic rings. The van der Waals surface area contributed by atoms with Gasteiger partial charge in [0.25, 0.3) is 11.8 Å². The molecule has 1 aromatic heterocycles. The maximum atomic E-state index is 13.9. The number of rotatable bonds is 6. The lowest BCUT2D eigenvalue weighted by Crippen LogP contribution is -2.28. The van der Waals surface area contributed by atoms with Gasteiger partial charge in [-0.05, 0) is 44.0 Å². The molecule has 29 heavy (non-hydrogen) atoms. The van der Waals surface area contributed by atoms with E-state index in [0.29, 0.717) is 16.8 Å². The normalized spacial score (nSPS) is 11.7. The standard InChI is InChI=1S/C22H22FN3O2S/c1-4-19-25-18(12-29-19)14(3)24-22(28)16-10-7-8-13(2)20(16)26-21(27)15-9-5-6-11-17(15)23/h5-12,14H,4H2,1-3H3,(H,24,28)(H,26,27). The van der Waals surface area contributed by atoms with Gasteiger partial charge in [0, 0.05) is 5.38 Å². The first-order valence-corrected chi connectivity index (χ1v) is 10.2. The number of halogens is 1. The van der Waals surface area contributed by atoms with E-state index in [1.54, 1.807) is 42.5 Å². The fourth-order valence-electron chi connectivity index (χ4n) is 2.88. The van der Waals surface area contributed by atoms with Crippen molar-refractivity contribution in [3.63, 3.8) is 0 Å². The molecule has 3 rings (SSSR count). The SMILES string of the molecule is CCc1nc(C(C)NC(=O)c2cccc(C)c2NC(=O)c2ccccc2F)cs1. The third kappa shape index (κ3) is 4.68. The lowest BCUT2D eigenvalue weighted by atomic mass is 10.1. The van der Waals surface area contributed by atoms with Crippen molar-refractivity contribution in [2.24, 2.45) is 0 Å². The fraction of sp³-hybridized carbons (Fsp3) is 0.227. The number of benzene rings is 2. The van der Waals surface area contributed by atoms with Crippen LogP contribution in [0.5, 0.6) is 0 Å². The maximum absolute atomic E-state index is 13.9. The Kier molecular flexibility index (Phi) is 6.39. The molecule has 2 aromatic carbocycles.